The molecule has 0 aromatic heterocycles. The first-order chi connectivity index (χ1) is 5.59. The van der Waals surface area contributed by atoms with Gasteiger partial charge in [-0.1, -0.05) is 0 Å². The molecule has 0 spiro atoms. The standard InChI is InChI=1S/C6H7F2NO3/c7-5(8)6-9-3(2-12-6)1-4(10)11/h3,5H,1-2H2,(H,10,11). The van der Waals surface area contributed by atoms with Crippen LogP contribution >= 0.6 is 0 Å². The zero-order valence-electron chi connectivity index (χ0n) is 6.04. The molecular weight excluding hydrogens is 172 g/mol. The predicted molar refractivity (Wildman–Crippen MR) is 35.4 cm³/mol. The largest absolute Gasteiger partial charge is 0.481 e. The van der Waals surface area contributed by atoms with Gasteiger partial charge in [-0.25, -0.2) is 4.99 Å². The van der Waals surface area contributed by atoms with E-state index in [-0.39, 0.29) is 13.0 Å². The summed E-state index contributed by atoms with van der Waals surface area (Å²) in [6.45, 7) is -0.0635. The number of ether oxygens (including phenoxy) is 1. The Kier molecular flexibility index (Phi) is 2.57. The molecule has 1 atom stereocenters. The van der Waals surface area contributed by atoms with E-state index in [1.807, 2.05) is 0 Å². The lowest BCUT2D eigenvalue weighted by Crippen LogP contribution is -2.12. The van der Waals surface area contributed by atoms with Gasteiger partial charge in [0.25, 0.3) is 5.90 Å². The van der Waals surface area contributed by atoms with Gasteiger partial charge in [0.05, 0.1) is 12.5 Å². The fraction of sp³-hybridized carbons (Fsp3) is 0.667. The first-order valence-corrected chi connectivity index (χ1v) is 3.30. The van der Waals surface area contributed by atoms with Crippen LogP contribution in [0.4, 0.5) is 8.78 Å². The van der Waals surface area contributed by atoms with E-state index in [4.69, 9.17) is 5.11 Å². The molecule has 4 nitrogen and oxygen atoms in total. The number of hydrogen-bond donors (Lipinski definition) is 1. The second kappa shape index (κ2) is 3.46. The van der Waals surface area contributed by atoms with E-state index in [2.05, 4.69) is 9.73 Å². The van der Waals surface area contributed by atoms with Crippen LogP contribution in [0.2, 0.25) is 0 Å². The molecule has 1 unspecified atom stereocenters. The van der Waals surface area contributed by atoms with Gasteiger partial charge in [0.2, 0.25) is 0 Å². The van der Waals surface area contributed by atoms with Gasteiger partial charge >= 0.3 is 12.4 Å². The van der Waals surface area contributed by atoms with Crippen molar-refractivity contribution in [2.45, 2.75) is 18.9 Å². The van der Waals surface area contributed by atoms with Crippen molar-refractivity contribution in [2.75, 3.05) is 6.61 Å². The van der Waals surface area contributed by atoms with Crippen LogP contribution in [-0.4, -0.2) is 36.0 Å². The zero-order valence-corrected chi connectivity index (χ0v) is 6.04. The molecule has 6 heteroatoms. The first-order valence-electron chi connectivity index (χ1n) is 3.30. The maximum absolute atomic E-state index is 11.8. The lowest BCUT2D eigenvalue weighted by molar-refractivity contribution is -0.137. The maximum atomic E-state index is 11.8. The number of halogens is 2. The number of nitrogens with zero attached hydrogens (tertiary/aromatic N) is 1. The molecule has 0 aromatic rings. The molecule has 1 aliphatic rings. The van der Waals surface area contributed by atoms with Crippen LogP contribution in [0, 0.1) is 0 Å². The van der Waals surface area contributed by atoms with Gasteiger partial charge in [-0.15, -0.1) is 0 Å². The van der Waals surface area contributed by atoms with Crippen LogP contribution in [-0.2, 0) is 9.53 Å². The second-order valence-electron chi connectivity index (χ2n) is 2.33. The summed E-state index contributed by atoms with van der Waals surface area (Å²) in [4.78, 5) is 13.5. The number of aliphatic imine (C=N–C) groups is 1. The summed E-state index contributed by atoms with van der Waals surface area (Å²) in [5.41, 5.74) is 0. The lowest BCUT2D eigenvalue weighted by Gasteiger charge is -1.98. The second-order valence-corrected chi connectivity index (χ2v) is 2.33. The molecule has 0 aliphatic carbocycles. The van der Waals surface area contributed by atoms with Crippen molar-refractivity contribution in [3.8, 4) is 0 Å². The molecule has 0 saturated carbocycles. The summed E-state index contributed by atoms with van der Waals surface area (Å²) in [7, 11) is 0. The third-order valence-corrected chi connectivity index (χ3v) is 1.33. The molecule has 0 saturated heterocycles. The van der Waals surface area contributed by atoms with Crippen LogP contribution in [0.15, 0.2) is 4.99 Å². The molecule has 0 fully saturated rings. The molecule has 12 heavy (non-hydrogen) atoms. The molecule has 1 rings (SSSR count). The third-order valence-electron chi connectivity index (χ3n) is 1.33. The number of carboxylic acid groups (broad SMARTS) is 1. The van der Waals surface area contributed by atoms with E-state index < -0.39 is 24.3 Å². The Morgan fingerprint density at radius 3 is 2.92 bits per heavy atom. The highest BCUT2D eigenvalue weighted by atomic mass is 19.3. The fourth-order valence-electron chi connectivity index (χ4n) is 0.862. The van der Waals surface area contributed by atoms with Crippen LogP contribution in [0.3, 0.4) is 0 Å². The van der Waals surface area contributed by atoms with Gasteiger partial charge in [0, 0.05) is 0 Å². The monoisotopic (exact) mass is 179 g/mol. The SMILES string of the molecule is O=C(O)CC1COC(C(F)F)=N1. The quantitative estimate of drug-likeness (QED) is 0.687. The number of aliphatic carboxylic acids is 1. The van der Waals surface area contributed by atoms with Crippen molar-refractivity contribution in [2.24, 2.45) is 4.99 Å². The molecule has 1 N–H and O–H groups in total. The van der Waals surface area contributed by atoms with E-state index in [0.717, 1.165) is 0 Å². The summed E-state index contributed by atoms with van der Waals surface area (Å²) < 4.78 is 28.2. The van der Waals surface area contributed by atoms with Crippen LogP contribution in [0.5, 0.6) is 0 Å². The fourth-order valence-corrected chi connectivity index (χ4v) is 0.862. The Morgan fingerprint density at radius 1 is 1.83 bits per heavy atom. The van der Waals surface area contributed by atoms with Crippen molar-refractivity contribution < 1.29 is 23.4 Å². The average Bonchev–Trinajstić information content (AvgIpc) is 2.34. The van der Waals surface area contributed by atoms with Gasteiger partial charge in [-0.2, -0.15) is 8.78 Å². The number of carboxylic acids is 1. The minimum atomic E-state index is -2.75. The Hall–Kier alpha value is -1.20. The zero-order chi connectivity index (χ0) is 9.14. The molecular formula is C6H7F2NO3. The number of rotatable bonds is 3. The van der Waals surface area contributed by atoms with Crippen molar-refractivity contribution in [3.05, 3.63) is 0 Å². The number of hydrogen-bond acceptors (Lipinski definition) is 3. The highest BCUT2D eigenvalue weighted by Crippen LogP contribution is 2.12. The molecule has 1 heterocycles. The van der Waals surface area contributed by atoms with Crippen molar-refractivity contribution in [3.63, 3.8) is 0 Å². The lowest BCUT2D eigenvalue weighted by atomic mass is 10.2. The molecule has 1 aliphatic heterocycles. The van der Waals surface area contributed by atoms with E-state index in [1.54, 1.807) is 0 Å². The van der Waals surface area contributed by atoms with Crippen LogP contribution in [0.25, 0.3) is 0 Å². The summed E-state index contributed by atoms with van der Waals surface area (Å²) in [5, 5.41) is 8.29. The van der Waals surface area contributed by atoms with Crippen LogP contribution < -0.4 is 0 Å². The molecule has 68 valence electrons. The predicted octanol–water partition coefficient (Wildman–Crippen LogP) is 0.524. The normalized spacial score (nSPS) is 22.2. The van der Waals surface area contributed by atoms with E-state index in [9.17, 15) is 13.6 Å². The smallest absolute Gasteiger partial charge is 0.312 e. The summed E-state index contributed by atoms with van der Waals surface area (Å²) in [6, 6.07) is -0.661. The van der Waals surface area contributed by atoms with Crippen molar-refractivity contribution >= 4 is 11.9 Å². The minimum absolute atomic E-state index is 0.0635. The Balaban J connectivity index is 2.47. The topological polar surface area (TPSA) is 58.9 Å². The van der Waals surface area contributed by atoms with E-state index >= 15 is 0 Å². The van der Waals surface area contributed by atoms with E-state index in [0.29, 0.717) is 0 Å². The van der Waals surface area contributed by atoms with Gasteiger partial charge in [-0.05, 0) is 0 Å². The Morgan fingerprint density at radius 2 is 2.50 bits per heavy atom. The number of carbonyl (C=O) groups is 1. The molecule has 0 aromatic carbocycles. The molecule has 0 bridgehead atoms. The van der Waals surface area contributed by atoms with Crippen LogP contribution in [0.1, 0.15) is 6.42 Å². The van der Waals surface area contributed by atoms with E-state index in [1.165, 1.54) is 0 Å². The maximum Gasteiger partial charge on any atom is 0.312 e. The van der Waals surface area contributed by atoms with Crippen molar-refractivity contribution in [1.29, 1.82) is 0 Å². The summed E-state index contributed by atoms with van der Waals surface area (Å²) in [5.74, 6) is -1.72. The highest BCUT2D eigenvalue weighted by molar-refractivity contribution is 5.81. The van der Waals surface area contributed by atoms with Gasteiger partial charge < -0.3 is 9.84 Å². The van der Waals surface area contributed by atoms with Gasteiger partial charge in [0.15, 0.2) is 0 Å². The first kappa shape index (κ1) is 8.89. The minimum Gasteiger partial charge on any atom is -0.481 e. The highest BCUT2D eigenvalue weighted by Gasteiger charge is 2.26. The third kappa shape index (κ3) is 2.14. The average molecular weight is 179 g/mol. The van der Waals surface area contributed by atoms with Gasteiger partial charge in [-0.3, -0.25) is 4.79 Å². The van der Waals surface area contributed by atoms with Gasteiger partial charge in [0.1, 0.15) is 6.61 Å². The molecule has 0 amide bonds. The number of alkyl halides is 2. The Labute approximate surface area is 66.9 Å². The Bertz CT molecular complexity index is 217. The molecule has 0 radical (unpaired) electrons. The summed E-state index contributed by atoms with van der Waals surface area (Å²) >= 11 is 0. The van der Waals surface area contributed by atoms with Crippen molar-refractivity contribution in [1.82, 2.24) is 0 Å². The summed E-state index contributed by atoms with van der Waals surface area (Å²) in [6.07, 6.45) is -3.01.